The van der Waals surface area contributed by atoms with Crippen molar-refractivity contribution in [2.24, 2.45) is 0 Å². The lowest BCUT2D eigenvalue weighted by Crippen LogP contribution is -2.64. The summed E-state index contributed by atoms with van der Waals surface area (Å²) >= 11 is 0. The van der Waals surface area contributed by atoms with Gasteiger partial charge in [0.2, 0.25) is 0 Å². The minimum absolute atomic E-state index is 0.0822. The van der Waals surface area contributed by atoms with Gasteiger partial charge in [0.1, 0.15) is 42.7 Å². The number of esters is 1. The fourth-order valence-electron chi connectivity index (χ4n) is 6.70. The number of allylic oxidation sites excluding steroid dienone is 4. The van der Waals surface area contributed by atoms with Crippen molar-refractivity contribution in [2.75, 3.05) is 19.8 Å². The van der Waals surface area contributed by atoms with Crippen LogP contribution in [0, 0.1) is 0 Å². The van der Waals surface area contributed by atoms with E-state index in [1.807, 2.05) is 0 Å². The summed E-state index contributed by atoms with van der Waals surface area (Å²) in [5, 5.41) is 50.1. The lowest BCUT2D eigenvalue weighted by atomic mass is 9.85. The molecule has 0 aromatic heterocycles. The van der Waals surface area contributed by atoms with Gasteiger partial charge in [-0.05, 0) is 64.2 Å². The van der Waals surface area contributed by atoms with Crippen molar-refractivity contribution in [1.82, 2.24) is 0 Å². The molecule has 1 fully saturated rings. The maximum absolute atomic E-state index is 12.8. The molecule has 0 amide bonds. The Hall–Kier alpha value is -1.18. The monoisotopic (exact) mass is 821 g/mol. The summed E-state index contributed by atoms with van der Waals surface area (Å²) in [7, 11) is -5.01. The molecule has 0 heterocycles. The highest BCUT2D eigenvalue weighted by atomic mass is 31.2. The van der Waals surface area contributed by atoms with Crippen LogP contribution in [0.25, 0.3) is 0 Å². The third kappa shape index (κ3) is 26.7. The van der Waals surface area contributed by atoms with E-state index in [4.69, 9.17) is 18.5 Å². The van der Waals surface area contributed by atoms with E-state index < -0.39 is 63.1 Å². The van der Waals surface area contributed by atoms with Gasteiger partial charge in [0.15, 0.2) is 0 Å². The number of unbranched alkanes of at least 4 members (excludes halogenated alkanes) is 21. The number of carbonyl (C=O) groups is 1. The number of hydrogen-bond donors (Lipinski definition) is 6. The molecule has 56 heavy (non-hydrogen) atoms. The van der Waals surface area contributed by atoms with Crippen molar-refractivity contribution in [3.05, 3.63) is 24.3 Å². The van der Waals surface area contributed by atoms with Crippen molar-refractivity contribution < 1.29 is 58.3 Å². The van der Waals surface area contributed by atoms with Crippen LogP contribution >= 0.6 is 7.82 Å². The molecule has 6 atom stereocenters. The third-order valence-corrected chi connectivity index (χ3v) is 11.3. The van der Waals surface area contributed by atoms with Crippen LogP contribution in [0.2, 0.25) is 0 Å². The summed E-state index contributed by atoms with van der Waals surface area (Å²) < 4.78 is 34.1. The molecule has 6 unspecified atom stereocenters. The number of carbonyl (C=O) groups excluding carboxylic acids is 1. The standard InChI is InChI=1S/C43H81O12P/c1-3-5-7-9-11-13-15-17-18-19-20-22-24-26-28-30-32-37(44)54-36(34-52-33-31-29-27-25-23-21-16-14-12-10-8-6-4-2)35-53-56(50,51)55-43-41(48)39(46)38(45)40(47)42(43)49/h12,14,18-19,36,38-43,45-49H,3-11,13,15-17,20-35H2,1-2H3,(H,50,51)/b14-12-,19-18-. The summed E-state index contributed by atoms with van der Waals surface area (Å²) in [6.45, 7) is 4.21. The summed E-state index contributed by atoms with van der Waals surface area (Å²) in [4.78, 5) is 23.1. The van der Waals surface area contributed by atoms with Gasteiger partial charge in [-0.15, -0.1) is 0 Å². The Morgan fingerprint density at radius 2 is 0.946 bits per heavy atom. The Labute approximate surface area is 339 Å². The van der Waals surface area contributed by atoms with E-state index in [0.29, 0.717) is 13.0 Å². The number of rotatable bonds is 37. The molecule has 1 rings (SSSR count). The van der Waals surface area contributed by atoms with Crippen LogP contribution in [-0.2, 0) is 27.9 Å². The van der Waals surface area contributed by atoms with Crippen LogP contribution in [0.5, 0.6) is 0 Å². The maximum atomic E-state index is 12.8. The van der Waals surface area contributed by atoms with E-state index in [1.165, 1.54) is 83.5 Å². The van der Waals surface area contributed by atoms with Crippen LogP contribution in [0.4, 0.5) is 0 Å². The second-order valence-electron chi connectivity index (χ2n) is 15.5. The quantitative estimate of drug-likeness (QED) is 0.0152. The van der Waals surface area contributed by atoms with Crippen molar-refractivity contribution in [3.63, 3.8) is 0 Å². The number of aliphatic hydroxyl groups is 5. The largest absolute Gasteiger partial charge is 0.472 e. The van der Waals surface area contributed by atoms with E-state index in [2.05, 4.69) is 38.2 Å². The van der Waals surface area contributed by atoms with Crippen LogP contribution in [-0.4, -0.2) is 98.9 Å². The Morgan fingerprint density at radius 1 is 0.554 bits per heavy atom. The molecule has 0 saturated heterocycles. The number of aliphatic hydroxyl groups excluding tert-OH is 5. The molecule has 0 aliphatic heterocycles. The van der Waals surface area contributed by atoms with Crippen molar-refractivity contribution in [2.45, 2.75) is 224 Å². The fraction of sp³-hybridized carbons (Fsp3) is 0.884. The van der Waals surface area contributed by atoms with Crippen LogP contribution in [0.3, 0.4) is 0 Å². The van der Waals surface area contributed by atoms with E-state index >= 15 is 0 Å². The van der Waals surface area contributed by atoms with E-state index in [0.717, 1.165) is 70.6 Å². The molecule has 0 bridgehead atoms. The molecule has 0 aromatic rings. The lowest BCUT2D eigenvalue weighted by Gasteiger charge is -2.41. The highest BCUT2D eigenvalue weighted by Crippen LogP contribution is 2.47. The van der Waals surface area contributed by atoms with E-state index in [1.54, 1.807) is 0 Å². The number of phosphoric acid groups is 1. The first-order chi connectivity index (χ1) is 27.0. The van der Waals surface area contributed by atoms with Crippen molar-refractivity contribution in [1.29, 1.82) is 0 Å². The fourth-order valence-corrected chi connectivity index (χ4v) is 7.67. The SMILES string of the molecule is CCCCC/C=C\CCCCCCCCOCC(COP(=O)(O)OC1C(O)C(O)C(O)C(O)C1O)OC(=O)CCCCCCC/C=C\CCCCCCCCC. The average molecular weight is 821 g/mol. The number of ether oxygens (including phenoxy) is 2. The normalized spacial score (nSPS) is 23.2. The maximum Gasteiger partial charge on any atom is 0.472 e. The molecule has 12 nitrogen and oxygen atoms in total. The molecule has 0 spiro atoms. The van der Waals surface area contributed by atoms with E-state index in [9.17, 15) is 39.8 Å². The zero-order valence-electron chi connectivity index (χ0n) is 34.9. The highest BCUT2D eigenvalue weighted by molar-refractivity contribution is 7.47. The highest BCUT2D eigenvalue weighted by Gasteiger charge is 2.51. The van der Waals surface area contributed by atoms with Gasteiger partial charge in [-0.1, -0.05) is 134 Å². The first-order valence-corrected chi connectivity index (χ1v) is 23.7. The molecule has 13 heteroatoms. The van der Waals surface area contributed by atoms with Gasteiger partial charge >= 0.3 is 13.8 Å². The Bertz CT molecular complexity index is 1030. The molecule has 1 aliphatic rings. The Balaban J connectivity index is 2.42. The molecule has 6 N–H and O–H groups in total. The van der Waals surface area contributed by atoms with Gasteiger partial charge in [0.25, 0.3) is 0 Å². The number of phosphoric ester groups is 1. The Morgan fingerprint density at radius 3 is 1.45 bits per heavy atom. The van der Waals surface area contributed by atoms with Gasteiger partial charge in [-0.2, -0.15) is 0 Å². The van der Waals surface area contributed by atoms with Crippen LogP contribution in [0.15, 0.2) is 24.3 Å². The molecular weight excluding hydrogens is 739 g/mol. The molecule has 330 valence electrons. The molecule has 0 aromatic carbocycles. The predicted octanol–water partition coefficient (Wildman–Crippen LogP) is 8.53. The number of hydrogen-bond acceptors (Lipinski definition) is 11. The van der Waals surface area contributed by atoms with Crippen LogP contribution in [0.1, 0.15) is 181 Å². The zero-order valence-corrected chi connectivity index (χ0v) is 35.8. The van der Waals surface area contributed by atoms with Gasteiger partial charge < -0.3 is 39.9 Å². The average Bonchev–Trinajstić information content (AvgIpc) is 3.18. The van der Waals surface area contributed by atoms with E-state index in [-0.39, 0.29) is 13.0 Å². The van der Waals surface area contributed by atoms with Gasteiger partial charge in [-0.25, -0.2) is 4.57 Å². The second kappa shape index (κ2) is 34.7. The zero-order chi connectivity index (χ0) is 41.3. The molecular formula is C43H81O12P. The topological polar surface area (TPSA) is 192 Å². The lowest BCUT2D eigenvalue weighted by molar-refractivity contribution is -0.220. The molecule has 0 radical (unpaired) electrons. The summed E-state index contributed by atoms with van der Waals surface area (Å²) in [6, 6.07) is 0. The smallest absolute Gasteiger partial charge is 0.457 e. The third-order valence-electron chi connectivity index (χ3n) is 10.3. The first-order valence-electron chi connectivity index (χ1n) is 22.2. The Kier molecular flexibility index (Phi) is 32.7. The predicted molar refractivity (Wildman–Crippen MR) is 221 cm³/mol. The molecule has 1 saturated carbocycles. The minimum Gasteiger partial charge on any atom is -0.457 e. The van der Waals surface area contributed by atoms with Crippen LogP contribution < -0.4 is 0 Å². The summed E-state index contributed by atoms with van der Waals surface area (Å²) in [5.41, 5.74) is 0. The first kappa shape index (κ1) is 52.8. The molecule has 1 aliphatic carbocycles. The van der Waals surface area contributed by atoms with Gasteiger partial charge in [0, 0.05) is 13.0 Å². The van der Waals surface area contributed by atoms with Gasteiger partial charge in [-0.3, -0.25) is 13.8 Å². The van der Waals surface area contributed by atoms with Crippen molar-refractivity contribution >= 4 is 13.8 Å². The summed E-state index contributed by atoms with van der Waals surface area (Å²) in [5.74, 6) is -0.488. The minimum atomic E-state index is -5.01. The summed E-state index contributed by atoms with van der Waals surface area (Å²) in [6.07, 6.45) is 25.3. The second-order valence-corrected chi connectivity index (χ2v) is 16.9. The van der Waals surface area contributed by atoms with Crippen molar-refractivity contribution in [3.8, 4) is 0 Å². The van der Waals surface area contributed by atoms with Gasteiger partial charge in [0.05, 0.1) is 13.2 Å².